The van der Waals surface area contributed by atoms with Crippen LogP contribution in [-0.4, -0.2) is 95.4 Å². The minimum atomic E-state index is -4.74. The summed E-state index contributed by atoms with van der Waals surface area (Å²) in [5.74, 6) is -1.57. The number of carbonyl (C=O) groups is 4. The fourth-order valence-corrected chi connectivity index (χ4v) is 10.4. The SMILES string of the molecule is Br.CCOC(=O)C1=C(CBr)N(c2cccc(C(F)(F)F)c2)C(=O)N(CCCN2C=C[NH+](CCCN3C(=O)N(c4cccc(C(F)(F)F)c4)C(CBr)=C(C(=O)OCC)[C@H]3c3ccc(C#N)cc3)C2)[C@@H]1c1ccc(C#N)cc1. The lowest BCUT2D eigenvalue weighted by Crippen LogP contribution is -3.07. The largest absolute Gasteiger partial charge is 0.463 e. The van der Waals surface area contributed by atoms with Crippen LogP contribution < -0.4 is 14.7 Å². The molecule has 3 aliphatic rings. The fourth-order valence-electron chi connectivity index (χ4n) is 9.33. The normalized spacial score (nSPS) is 17.9. The van der Waals surface area contributed by atoms with Crippen molar-refractivity contribution in [2.24, 2.45) is 0 Å². The second kappa shape index (κ2) is 25.5. The number of allylic oxidation sites excluding steroid dienone is 2. The second-order valence-corrected chi connectivity index (χ2v) is 18.4. The number of anilines is 2. The number of hydrogen-bond acceptors (Lipinski definition) is 9. The Labute approximate surface area is 462 Å². The first kappa shape index (κ1) is 58.6. The molecule has 3 atom stereocenters. The summed E-state index contributed by atoms with van der Waals surface area (Å²) in [7, 11) is 0. The summed E-state index contributed by atoms with van der Waals surface area (Å²) >= 11 is 6.79. The Hall–Kier alpha value is -6.66. The number of hydrogen-bond donors (Lipinski definition) is 1. The monoisotopic (exact) mass is 1250 g/mol. The Bertz CT molecular complexity index is 2780. The Morgan fingerprint density at radius 3 is 1.46 bits per heavy atom. The molecule has 0 saturated carbocycles. The Morgan fingerprint density at radius 1 is 0.658 bits per heavy atom. The van der Waals surface area contributed by atoms with Gasteiger partial charge in [-0.15, -0.1) is 17.0 Å². The zero-order chi connectivity index (χ0) is 54.2. The van der Waals surface area contributed by atoms with Crippen molar-refractivity contribution in [3.8, 4) is 12.1 Å². The Morgan fingerprint density at radius 2 is 1.08 bits per heavy atom. The van der Waals surface area contributed by atoms with Gasteiger partial charge in [-0.2, -0.15) is 36.9 Å². The van der Waals surface area contributed by atoms with Crippen LogP contribution in [0.2, 0.25) is 0 Å². The van der Waals surface area contributed by atoms with E-state index in [-0.39, 0.29) is 87.9 Å². The molecule has 1 N–H and O–H groups in total. The molecule has 400 valence electrons. The molecule has 0 bridgehead atoms. The first-order chi connectivity index (χ1) is 35.9. The topological polar surface area (TPSA) is 155 Å². The second-order valence-electron chi connectivity index (χ2n) is 17.3. The van der Waals surface area contributed by atoms with Crippen LogP contribution in [0, 0.1) is 22.7 Å². The molecule has 0 aliphatic carbocycles. The van der Waals surface area contributed by atoms with Crippen molar-refractivity contribution >= 4 is 84.2 Å². The van der Waals surface area contributed by atoms with E-state index in [0.717, 1.165) is 39.0 Å². The molecule has 4 aromatic carbocycles. The predicted molar refractivity (Wildman–Crippen MR) is 281 cm³/mol. The van der Waals surface area contributed by atoms with Crippen LogP contribution in [0.25, 0.3) is 0 Å². The number of urea groups is 2. The molecule has 23 heteroatoms. The van der Waals surface area contributed by atoms with Gasteiger partial charge in [0, 0.05) is 36.7 Å². The third kappa shape index (κ3) is 12.8. The van der Waals surface area contributed by atoms with E-state index in [9.17, 15) is 56.0 Å². The first-order valence-corrected chi connectivity index (χ1v) is 25.9. The maximum absolute atomic E-state index is 14.8. The van der Waals surface area contributed by atoms with E-state index in [4.69, 9.17) is 9.47 Å². The van der Waals surface area contributed by atoms with Gasteiger partial charge in [0.05, 0.1) is 106 Å². The maximum atomic E-state index is 14.8. The molecular weight excluding hydrogens is 1200 g/mol. The van der Waals surface area contributed by atoms with Crippen molar-refractivity contribution in [1.82, 2.24) is 14.7 Å². The van der Waals surface area contributed by atoms with E-state index >= 15 is 0 Å². The van der Waals surface area contributed by atoms with Crippen LogP contribution in [-0.2, 0) is 31.4 Å². The molecule has 0 radical (unpaired) electrons. The summed E-state index contributed by atoms with van der Waals surface area (Å²) in [5, 5.41) is 18.9. The van der Waals surface area contributed by atoms with Crippen LogP contribution in [0.4, 0.5) is 47.3 Å². The lowest BCUT2D eigenvalue weighted by molar-refractivity contribution is -0.849. The van der Waals surface area contributed by atoms with Crippen LogP contribution in [0.5, 0.6) is 0 Å². The molecule has 0 aromatic heterocycles. The average molecular weight is 1250 g/mol. The number of nitriles is 2. The van der Waals surface area contributed by atoms with Gasteiger partial charge in [0.2, 0.25) is 0 Å². The van der Waals surface area contributed by atoms with E-state index in [1.807, 2.05) is 17.3 Å². The van der Waals surface area contributed by atoms with Crippen molar-refractivity contribution in [2.75, 3.05) is 66.5 Å². The van der Waals surface area contributed by atoms with Gasteiger partial charge >= 0.3 is 36.4 Å². The number of benzene rings is 4. The minimum Gasteiger partial charge on any atom is -0.463 e. The van der Waals surface area contributed by atoms with E-state index in [2.05, 4.69) is 44.0 Å². The molecule has 3 heterocycles. The number of nitrogens with zero attached hydrogens (tertiary/aromatic N) is 7. The molecule has 0 saturated heterocycles. The quantitative estimate of drug-likeness (QED) is 0.0582. The zero-order valence-corrected chi connectivity index (χ0v) is 45.7. The Balaban J connectivity index is 0.00000937. The van der Waals surface area contributed by atoms with E-state index < -0.39 is 59.6 Å². The van der Waals surface area contributed by atoms with Gasteiger partial charge in [-0.05, 0) is 92.1 Å². The fraction of sp³-hybridized carbons (Fsp3) is 0.321. The zero-order valence-electron chi connectivity index (χ0n) is 40.8. The number of carbonyl (C=O) groups excluding carboxylic acids is 4. The first-order valence-electron chi connectivity index (χ1n) is 23.6. The standard InChI is InChI=1S/C53H48Br2F6N8O6.BrH/c1-3-74-48(70)44-42(29-54)68(40-11-5-9-38(27-40)52(56,57)58)50(72)66(46(44)36-17-13-34(31-62)14-18-36)23-7-21-64-25-26-65(33-64)22-8-24-67-47(37-19-15-35(32-63)16-20-37)45(49(71)75-4-2)43(30-55)69(51(67)73)41-12-6-10-39(28-41)53(59,60)61;/h5-6,9-20,25-28,46-47H,3-4,7-8,21-24,29-30,33H2,1-2H3;1H/p+1/t46-,47-;/m1./s1. The molecule has 76 heavy (non-hydrogen) atoms. The number of halogens is 9. The summed E-state index contributed by atoms with van der Waals surface area (Å²) in [5.41, 5.74) is -0.455. The van der Waals surface area contributed by atoms with Crippen molar-refractivity contribution in [3.05, 3.63) is 165 Å². The highest BCUT2D eigenvalue weighted by Gasteiger charge is 2.46. The smallest absolute Gasteiger partial charge is 0.416 e. The van der Waals surface area contributed by atoms with E-state index in [1.54, 1.807) is 50.2 Å². The summed E-state index contributed by atoms with van der Waals surface area (Å²) in [6.45, 7) is 4.41. The van der Waals surface area contributed by atoms with Crippen molar-refractivity contribution in [2.45, 2.75) is 51.1 Å². The molecule has 4 aromatic rings. The number of esters is 2. The third-order valence-corrected chi connectivity index (χ3v) is 13.8. The van der Waals surface area contributed by atoms with Gasteiger partial charge in [-0.1, -0.05) is 68.3 Å². The van der Waals surface area contributed by atoms with Crippen molar-refractivity contribution < 1.29 is 59.9 Å². The molecule has 3 aliphatic heterocycles. The number of nitrogens with one attached hydrogen (secondary N) is 1. The molecule has 4 amide bonds. The number of amides is 4. The highest BCUT2D eigenvalue weighted by atomic mass is 79.9. The number of rotatable bonds is 18. The summed E-state index contributed by atoms with van der Waals surface area (Å²) in [6.07, 6.45) is -5.06. The lowest BCUT2D eigenvalue weighted by atomic mass is 9.92. The van der Waals surface area contributed by atoms with Gasteiger partial charge < -0.3 is 24.2 Å². The lowest BCUT2D eigenvalue weighted by Gasteiger charge is -2.43. The molecule has 0 fully saturated rings. The number of alkyl halides is 8. The van der Waals surface area contributed by atoms with Crippen molar-refractivity contribution in [3.63, 3.8) is 0 Å². The van der Waals surface area contributed by atoms with Crippen LogP contribution in [0.3, 0.4) is 0 Å². The van der Waals surface area contributed by atoms with Crippen LogP contribution in [0.15, 0.2) is 132 Å². The minimum absolute atomic E-state index is 0. The summed E-state index contributed by atoms with van der Waals surface area (Å²) in [4.78, 5) is 65.5. The van der Waals surface area contributed by atoms with Crippen LogP contribution in [0.1, 0.15) is 72.2 Å². The van der Waals surface area contributed by atoms with Gasteiger partial charge in [0.15, 0.2) is 6.67 Å². The average Bonchev–Trinajstić information content (AvgIpc) is 3.86. The number of ether oxygens (including phenoxy) is 2. The molecule has 14 nitrogen and oxygen atoms in total. The van der Waals surface area contributed by atoms with E-state index in [0.29, 0.717) is 54.9 Å². The summed E-state index contributed by atoms with van der Waals surface area (Å²) < 4.78 is 95.3. The third-order valence-electron chi connectivity index (χ3n) is 12.7. The van der Waals surface area contributed by atoms with Gasteiger partial charge in [-0.3, -0.25) is 14.7 Å². The number of quaternary nitrogens is 1. The van der Waals surface area contributed by atoms with Crippen molar-refractivity contribution in [1.29, 1.82) is 10.5 Å². The maximum Gasteiger partial charge on any atom is 0.416 e. The predicted octanol–water partition coefficient (Wildman–Crippen LogP) is 10.5. The molecular formula is C53H50Br3F6N8O6+. The highest BCUT2D eigenvalue weighted by molar-refractivity contribution is 9.09. The highest BCUT2D eigenvalue weighted by Crippen LogP contribution is 2.44. The van der Waals surface area contributed by atoms with Gasteiger partial charge in [0.25, 0.3) is 0 Å². The van der Waals surface area contributed by atoms with Crippen LogP contribution >= 0.6 is 48.8 Å². The Kier molecular flexibility index (Phi) is 19.6. The molecule has 7 rings (SSSR count). The van der Waals surface area contributed by atoms with Gasteiger partial charge in [-0.25, -0.2) is 19.2 Å². The van der Waals surface area contributed by atoms with E-state index in [1.165, 1.54) is 46.2 Å². The van der Waals surface area contributed by atoms with Gasteiger partial charge in [0.1, 0.15) is 6.20 Å². The molecule has 1 unspecified atom stereocenters. The summed E-state index contributed by atoms with van der Waals surface area (Å²) in [6, 6.07) is 21.7. The molecule has 0 spiro atoms.